The van der Waals surface area contributed by atoms with Crippen molar-refractivity contribution < 1.29 is 17.7 Å². The quantitative estimate of drug-likeness (QED) is 0.750. The minimum Gasteiger partial charge on any atom is -0.495 e. The van der Waals surface area contributed by atoms with Crippen molar-refractivity contribution in [3.8, 4) is 5.75 Å². The molecule has 1 aliphatic rings. The van der Waals surface area contributed by atoms with E-state index in [1.54, 1.807) is 18.2 Å². The lowest BCUT2D eigenvalue weighted by atomic mass is 9.94. The van der Waals surface area contributed by atoms with Gasteiger partial charge in [-0.05, 0) is 42.9 Å². The van der Waals surface area contributed by atoms with Crippen molar-refractivity contribution in [2.75, 3.05) is 13.4 Å². The largest absolute Gasteiger partial charge is 0.495 e. The lowest BCUT2D eigenvalue weighted by Crippen LogP contribution is -2.10. The Morgan fingerprint density at radius 2 is 2.04 bits per heavy atom. The van der Waals surface area contributed by atoms with Crippen LogP contribution in [0.1, 0.15) is 50.4 Å². The van der Waals surface area contributed by atoms with E-state index in [0.717, 1.165) is 30.7 Å². The van der Waals surface area contributed by atoms with Gasteiger partial charge in [-0.1, -0.05) is 25.1 Å². The third-order valence-electron chi connectivity index (χ3n) is 4.56. The molecule has 1 heterocycles. The molecule has 0 aliphatic heterocycles. The molecule has 1 aromatic carbocycles. The van der Waals surface area contributed by atoms with Crippen molar-refractivity contribution in [3.05, 3.63) is 35.5 Å². The summed E-state index contributed by atoms with van der Waals surface area (Å²) in [5.41, 5.74) is 0.947. The van der Waals surface area contributed by atoms with E-state index in [-0.39, 0.29) is 10.3 Å². The number of sulfone groups is 1. The summed E-state index contributed by atoms with van der Waals surface area (Å²) < 4.78 is 34.3. The summed E-state index contributed by atoms with van der Waals surface area (Å²) in [4.78, 5) is 4.76. The summed E-state index contributed by atoms with van der Waals surface area (Å²) in [5, 5.41) is 4.11. The van der Waals surface area contributed by atoms with Gasteiger partial charge in [-0.2, -0.15) is 4.98 Å². The smallest absolute Gasteiger partial charge is 0.232 e. The maximum atomic E-state index is 11.8. The summed E-state index contributed by atoms with van der Waals surface area (Å²) in [6.07, 6.45) is 4.90. The third-order valence-corrected chi connectivity index (χ3v) is 5.70. The number of ether oxygens (including phenoxy) is 1. The predicted molar refractivity (Wildman–Crippen MR) is 93.6 cm³/mol. The van der Waals surface area contributed by atoms with E-state index in [4.69, 9.17) is 9.26 Å². The molecule has 0 atom stereocenters. The molecule has 0 saturated heterocycles. The Kier molecular flexibility index (Phi) is 4.62. The zero-order chi connectivity index (χ0) is 18.2. The zero-order valence-corrected chi connectivity index (χ0v) is 15.9. The molecule has 6 nitrogen and oxygen atoms in total. The van der Waals surface area contributed by atoms with Crippen LogP contribution in [0.2, 0.25) is 0 Å². The van der Waals surface area contributed by atoms with E-state index in [1.165, 1.54) is 13.4 Å². The lowest BCUT2D eigenvalue weighted by molar-refractivity contribution is 0.319. The highest BCUT2D eigenvalue weighted by Gasteiger charge is 2.49. The highest BCUT2D eigenvalue weighted by atomic mass is 32.2. The van der Waals surface area contributed by atoms with Crippen molar-refractivity contribution in [1.82, 2.24) is 10.1 Å². The number of rotatable bonds is 7. The monoisotopic (exact) mass is 364 g/mol. The molecule has 0 N–H and O–H groups in total. The second kappa shape index (κ2) is 6.44. The Morgan fingerprint density at radius 3 is 2.60 bits per heavy atom. The maximum absolute atomic E-state index is 11.8. The molecule has 0 amide bonds. The SMILES string of the molecule is COc1cc(Cc2noc(C3(CC(C)C)CC3)n2)ccc1S(C)(=O)=O. The summed E-state index contributed by atoms with van der Waals surface area (Å²) in [6, 6.07) is 5.04. The van der Waals surface area contributed by atoms with Crippen molar-refractivity contribution in [1.29, 1.82) is 0 Å². The lowest BCUT2D eigenvalue weighted by Gasteiger charge is -2.12. The molecule has 1 aliphatic carbocycles. The molecule has 7 heteroatoms. The molecule has 0 spiro atoms. The fourth-order valence-corrected chi connectivity index (χ4v) is 4.11. The zero-order valence-electron chi connectivity index (χ0n) is 15.1. The Labute approximate surface area is 148 Å². The van der Waals surface area contributed by atoms with Gasteiger partial charge in [-0.25, -0.2) is 8.42 Å². The molecular formula is C18H24N2O4S. The van der Waals surface area contributed by atoms with Gasteiger partial charge in [0.05, 0.1) is 7.11 Å². The molecule has 1 saturated carbocycles. The number of methoxy groups -OCH3 is 1. The van der Waals surface area contributed by atoms with Gasteiger partial charge in [-0.15, -0.1) is 0 Å². The first kappa shape index (κ1) is 17.9. The van der Waals surface area contributed by atoms with E-state index in [0.29, 0.717) is 23.9 Å². The Bertz CT molecular complexity index is 867. The highest BCUT2D eigenvalue weighted by molar-refractivity contribution is 7.90. The summed E-state index contributed by atoms with van der Waals surface area (Å²) in [7, 11) is -1.87. The number of hydrogen-bond donors (Lipinski definition) is 0. The van der Waals surface area contributed by atoms with Crippen molar-refractivity contribution >= 4 is 9.84 Å². The van der Waals surface area contributed by atoms with Crippen LogP contribution in [-0.4, -0.2) is 31.9 Å². The van der Waals surface area contributed by atoms with Crippen molar-refractivity contribution in [3.63, 3.8) is 0 Å². The molecule has 1 fully saturated rings. The molecule has 0 unspecified atom stereocenters. The normalized spacial score (nSPS) is 16.2. The van der Waals surface area contributed by atoms with Crippen molar-refractivity contribution in [2.45, 2.75) is 49.8 Å². The van der Waals surface area contributed by atoms with Gasteiger partial charge in [-0.3, -0.25) is 0 Å². The van der Waals surface area contributed by atoms with Gasteiger partial charge in [0.1, 0.15) is 10.6 Å². The predicted octanol–water partition coefficient (Wildman–Crippen LogP) is 3.15. The Hall–Kier alpha value is -1.89. The second-order valence-electron chi connectivity index (χ2n) is 7.33. The van der Waals surface area contributed by atoms with Crippen LogP contribution >= 0.6 is 0 Å². The number of nitrogens with zero attached hydrogens (tertiary/aromatic N) is 2. The molecule has 0 radical (unpaired) electrons. The topological polar surface area (TPSA) is 82.3 Å². The van der Waals surface area contributed by atoms with E-state index in [9.17, 15) is 8.42 Å². The number of hydrogen-bond acceptors (Lipinski definition) is 6. The molecule has 3 rings (SSSR count). The minimum atomic E-state index is -3.33. The highest BCUT2D eigenvalue weighted by Crippen LogP contribution is 2.51. The van der Waals surface area contributed by atoms with Gasteiger partial charge in [0.15, 0.2) is 15.7 Å². The third kappa shape index (κ3) is 3.86. The average molecular weight is 364 g/mol. The first-order chi connectivity index (χ1) is 11.7. The number of benzene rings is 1. The minimum absolute atomic E-state index is 0.0667. The fourth-order valence-electron chi connectivity index (χ4n) is 3.29. The van der Waals surface area contributed by atoms with Crippen LogP contribution < -0.4 is 4.74 Å². The second-order valence-corrected chi connectivity index (χ2v) is 9.31. The van der Waals surface area contributed by atoms with Crippen LogP contribution in [-0.2, 0) is 21.7 Å². The molecule has 2 aromatic rings. The maximum Gasteiger partial charge on any atom is 0.232 e. The molecule has 1 aromatic heterocycles. The van der Waals surface area contributed by atoms with E-state index >= 15 is 0 Å². The van der Waals surface area contributed by atoms with Crippen molar-refractivity contribution in [2.24, 2.45) is 5.92 Å². The molecule has 25 heavy (non-hydrogen) atoms. The fraction of sp³-hybridized carbons (Fsp3) is 0.556. The van der Waals surface area contributed by atoms with E-state index in [2.05, 4.69) is 24.0 Å². The average Bonchev–Trinajstić information content (AvgIpc) is 3.14. The van der Waals surface area contributed by atoms with Gasteiger partial charge in [0.2, 0.25) is 5.89 Å². The molecule has 0 bridgehead atoms. The van der Waals surface area contributed by atoms with Crippen LogP contribution in [0.3, 0.4) is 0 Å². The van der Waals surface area contributed by atoms with Gasteiger partial charge in [0.25, 0.3) is 0 Å². The van der Waals surface area contributed by atoms with Gasteiger partial charge < -0.3 is 9.26 Å². The standard InChI is InChI=1S/C18H24N2O4S/c1-12(2)11-18(7-8-18)17-19-16(20-24-17)10-13-5-6-15(25(4,21)22)14(9-13)23-3/h5-6,9,12H,7-8,10-11H2,1-4H3. The van der Waals surface area contributed by atoms with Crippen LogP contribution in [0.25, 0.3) is 0 Å². The van der Waals surface area contributed by atoms with Crippen LogP contribution in [0.5, 0.6) is 5.75 Å². The molecule has 136 valence electrons. The van der Waals surface area contributed by atoms with E-state index in [1.807, 2.05) is 0 Å². The number of aromatic nitrogens is 2. The summed E-state index contributed by atoms with van der Waals surface area (Å²) in [6.45, 7) is 4.40. The van der Waals surface area contributed by atoms with Crippen LogP contribution in [0, 0.1) is 5.92 Å². The first-order valence-corrected chi connectivity index (χ1v) is 10.3. The van der Waals surface area contributed by atoms with E-state index < -0.39 is 9.84 Å². The van der Waals surface area contributed by atoms with Crippen LogP contribution in [0.4, 0.5) is 0 Å². The summed E-state index contributed by atoms with van der Waals surface area (Å²) >= 11 is 0. The van der Waals surface area contributed by atoms with Gasteiger partial charge >= 0.3 is 0 Å². The first-order valence-electron chi connectivity index (χ1n) is 8.43. The Morgan fingerprint density at radius 1 is 1.32 bits per heavy atom. The Balaban J connectivity index is 1.80. The van der Waals surface area contributed by atoms with Gasteiger partial charge in [0, 0.05) is 18.1 Å². The molecular weight excluding hydrogens is 340 g/mol. The summed E-state index contributed by atoms with van der Waals surface area (Å²) in [5.74, 6) is 2.27. The van der Waals surface area contributed by atoms with Crippen LogP contribution in [0.15, 0.2) is 27.6 Å².